The number of fused-ring (bicyclic) bond motifs is 1. The van der Waals surface area contributed by atoms with Gasteiger partial charge in [0, 0.05) is 43.7 Å². The van der Waals surface area contributed by atoms with Crippen molar-refractivity contribution in [3.63, 3.8) is 0 Å². The highest BCUT2D eigenvalue weighted by molar-refractivity contribution is 9.10. The molecular weight excluding hydrogens is 432 g/mol. The maximum atomic E-state index is 5.58. The zero-order chi connectivity index (χ0) is 19.8. The molecule has 7 nitrogen and oxygen atoms in total. The largest absolute Gasteiger partial charge is 0.334 e. The molecule has 4 aromatic rings. The second-order valence-electron chi connectivity index (χ2n) is 7.44. The Balaban J connectivity index is 1.40. The molecule has 2 aromatic carbocycles. The van der Waals surface area contributed by atoms with Gasteiger partial charge < -0.3 is 9.42 Å². The van der Waals surface area contributed by atoms with Crippen molar-refractivity contribution in [1.29, 1.82) is 0 Å². The maximum absolute atomic E-state index is 5.58. The molecule has 0 unspecified atom stereocenters. The Labute approximate surface area is 176 Å². The van der Waals surface area contributed by atoms with Crippen molar-refractivity contribution in [2.24, 2.45) is 0 Å². The molecule has 0 atom stereocenters. The summed E-state index contributed by atoms with van der Waals surface area (Å²) >= 11 is 3.48. The van der Waals surface area contributed by atoms with Gasteiger partial charge in [-0.25, -0.2) is 0 Å². The van der Waals surface area contributed by atoms with E-state index in [4.69, 9.17) is 4.52 Å². The van der Waals surface area contributed by atoms with Crippen LogP contribution >= 0.6 is 15.9 Å². The third kappa shape index (κ3) is 3.71. The van der Waals surface area contributed by atoms with Crippen molar-refractivity contribution in [3.8, 4) is 22.8 Å². The Morgan fingerprint density at radius 2 is 1.93 bits per heavy atom. The number of nitrogens with zero attached hydrogens (tertiary/aromatic N) is 5. The number of halogens is 1. The van der Waals surface area contributed by atoms with Gasteiger partial charge in [0.25, 0.3) is 5.89 Å². The Kier molecular flexibility index (Phi) is 4.91. The first-order valence-electron chi connectivity index (χ1n) is 9.64. The van der Waals surface area contributed by atoms with Gasteiger partial charge in [-0.05, 0) is 46.7 Å². The van der Waals surface area contributed by atoms with Crippen LogP contribution in [0.3, 0.4) is 0 Å². The van der Waals surface area contributed by atoms with Crippen molar-refractivity contribution in [2.45, 2.75) is 6.54 Å². The molecule has 0 bridgehead atoms. The molecule has 0 aliphatic carbocycles. The molecule has 1 aliphatic heterocycles. The number of aromatic nitrogens is 4. The van der Waals surface area contributed by atoms with Crippen molar-refractivity contribution in [2.75, 3.05) is 33.2 Å². The number of aromatic amines is 1. The van der Waals surface area contributed by atoms with Gasteiger partial charge in [0.05, 0.1) is 5.56 Å². The zero-order valence-electron chi connectivity index (χ0n) is 16.1. The van der Waals surface area contributed by atoms with E-state index in [1.54, 1.807) is 0 Å². The van der Waals surface area contributed by atoms with E-state index < -0.39 is 0 Å². The van der Waals surface area contributed by atoms with Crippen molar-refractivity contribution in [1.82, 2.24) is 30.1 Å². The number of para-hydroxylation sites is 1. The fraction of sp³-hybridized carbons (Fsp3) is 0.286. The van der Waals surface area contributed by atoms with E-state index >= 15 is 0 Å². The van der Waals surface area contributed by atoms with Crippen molar-refractivity contribution < 1.29 is 4.52 Å². The van der Waals surface area contributed by atoms with Gasteiger partial charge in [-0.15, -0.1) is 0 Å². The average molecular weight is 453 g/mol. The highest BCUT2D eigenvalue weighted by Crippen LogP contribution is 2.31. The third-order valence-corrected chi connectivity index (χ3v) is 5.99. The number of H-pyrrole nitrogens is 1. The molecule has 2 aromatic heterocycles. The standard InChI is InChI=1S/C21H21BrN6O/c1-27-8-10-28(11-9-27)13-14-4-2-5-15(12-14)20-23-21(29-26-20)17-7-3-6-16-18(17)24-25-19(16)22/h2-7,12H,8-11,13H2,1H3,(H,24,25). The van der Waals surface area contributed by atoms with E-state index in [9.17, 15) is 0 Å². The Morgan fingerprint density at radius 3 is 2.79 bits per heavy atom. The molecule has 1 saturated heterocycles. The Morgan fingerprint density at radius 1 is 1.10 bits per heavy atom. The molecule has 29 heavy (non-hydrogen) atoms. The fourth-order valence-corrected chi connectivity index (χ4v) is 4.11. The summed E-state index contributed by atoms with van der Waals surface area (Å²) in [5, 5.41) is 12.5. The molecule has 148 valence electrons. The Bertz CT molecular complexity index is 1150. The van der Waals surface area contributed by atoms with Gasteiger partial charge in [-0.1, -0.05) is 29.4 Å². The minimum Gasteiger partial charge on any atom is -0.334 e. The fourth-order valence-electron chi connectivity index (χ4n) is 3.70. The number of hydrogen-bond donors (Lipinski definition) is 1. The maximum Gasteiger partial charge on any atom is 0.260 e. The van der Waals surface area contributed by atoms with E-state index in [1.165, 1.54) is 5.56 Å². The normalized spacial score (nSPS) is 15.9. The number of benzene rings is 2. The quantitative estimate of drug-likeness (QED) is 0.507. The minimum absolute atomic E-state index is 0.467. The molecule has 0 spiro atoms. The monoisotopic (exact) mass is 452 g/mol. The second-order valence-corrected chi connectivity index (χ2v) is 8.24. The van der Waals surface area contributed by atoms with Crippen LogP contribution in [0.15, 0.2) is 51.6 Å². The molecule has 1 aliphatic rings. The minimum atomic E-state index is 0.467. The molecule has 1 fully saturated rings. The summed E-state index contributed by atoms with van der Waals surface area (Å²) in [5.74, 6) is 1.06. The summed E-state index contributed by atoms with van der Waals surface area (Å²) in [6.07, 6.45) is 0. The lowest BCUT2D eigenvalue weighted by Gasteiger charge is -2.32. The summed E-state index contributed by atoms with van der Waals surface area (Å²) in [5.41, 5.74) is 3.84. The first-order valence-corrected chi connectivity index (χ1v) is 10.4. The van der Waals surface area contributed by atoms with Crippen LogP contribution in [-0.2, 0) is 6.54 Å². The van der Waals surface area contributed by atoms with Crippen LogP contribution in [0.25, 0.3) is 33.7 Å². The Hall–Kier alpha value is -2.55. The van der Waals surface area contributed by atoms with Crippen LogP contribution in [0.5, 0.6) is 0 Å². The SMILES string of the molecule is CN1CCN(Cc2cccc(-c3noc(-c4cccc5c(Br)[nH]nc45)n3)c2)CC1. The number of nitrogens with one attached hydrogen (secondary N) is 1. The lowest BCUT2D eigenvalue weighted by Crippen LogP contribution is -2.43. The smallest absolute Gasteiger partial charge is 0.260 e. The summed E-state index contributed by atoms with van der Waals surface area (Å²) in [7, 11) is 2.17. The molecule has 0 saturated carbocycles. The van der Waals surface area contributed by atoms with E-state index in [1.807, 2.05) is 24.3 Å². The number of rotatable bonds is 4. The average Bonchev–Trinajstić information content (AvgIpc) is 3.38. The number of likely N-dealkylation sites (N-methyl/N-ethyl adjacent to an activating group) is 1. The molecule has 5 rings (SSSR count). The summed E-state index contributed by atoms with van der Waals surface area (Å²) in [6.45, 7) is 5.35. The van der Waals surface area contributed by atoms with Crippen LogP contribution in [0.1, 0.15) is 5.56 Å². The first-order chi connectivity index (χ1) is 14.2. The van der Waals surface area contributed by atoms with E-state index in [2.05, 4.69) is 71.3 Å². The molecule has 0 radical (unpaired) electrons. The summed E-state index contributed by atoms with van der Waals surface area (Å²) in [4.78, 5) is 9.49. The molecular formula is C21H21BrN6O. The number of hydrogen-bond acceptors (Lipinski definition) is 6. The zero-order valence-corrected chi connectivity index (χ0v) is 17.7. The lowest BCUT2D eigenvalue weighted by atomic mass is 10.1. The van der Waals surface area contributed by atoms with Crippen LogP contribution in [0, 0.1) is 0 Å². The highest BCUT2D eigenvalue weighted by Gasteiger charge is 2.17. The predicted octanol–water partition coefficient (Wildman–Crippen LogP) is 3.79. The van der Waals surface area contributed by atoms with Crippen molar-refractivity contribution in [3.05, 3.63) is 52.6 Å². The second kappa shape index (κ2) is 7.70. The van der Waals surface area contributed by atoms with Gasteiger partial charge in [0.1, 0.15) is 10.1 Å². The molecule has 3 heterocycles. The number of piperazine rings is 1. The molecule has 1 N–H and O–H groups in total. The van der Waals surface area contributed by atoms with Gasteiger partial charge in [-0.2, -0.15) is 10.1 Å². The topological polar surface area (TPSA) is 74.1 Å². The van der Waals surface area contributed by atoms with Gasteiger partial charge in [-0.3, -0.25) is 10.00 Å². The van der Waals surface area contributed by atoms with Gasteiger partial charge in [0.15, 0.2) is 0 Å². The van der Waals surface area contributed by atoms with Crippen LogP contribution in [0.2, 0.25) is 0 Å². The van der Waals surface area contributed by atoms with Gasteiger partial charge in [0.2, 0.25) is 5.82 Å². The first kappa shape index (κ1) is 18.5. The molecule has 0 amide bonds. The highest BCUT2D eigenvalue weighted by atomic mass is 79.9. The van der Waals surface area contributed by atoms with E-state index in [-0.39, 0.29) is 0 Å². The van der Waals surface area contributed by atoms with E-state index in [0.717, 1.165) is 59.4 Å². The van der Waals surface area contributed by atoms with Crippen LogP contribution < -0.4 is 0 Å². The summed E-state index contributed by atoms with van der Waals surface area (Å²) < 4.78 is 6.42. The summed E-state index contributed by atoms with van der Waals surface area (Å²) in [6, 6.07) is 14.3. The van der Waals surface area contributed by atoms with Crippen LogP contribution in [-0.4, -0.2) is 63.4 Å². The molecule has 8 heteroatoms. The third-order valence-electron chi connectivity index (χ3n) is 5.38. The van der Waals surface area contributed by atoms with Gasteiger partial charge >= 0.3 is 0 Å². The lowest BCUT2D eigenvalue weighted by molar-refractivity contribution is 0.148. The van der Waals surface area contributed by atoms with Crippen LogP contribution in [0.4, 0.5) is 0 Å². The predicted molar refractivity (Wildman–Crippen MR) is 115 cm³/mol. The van der Waals surface area contributed by atoms with Crippen molar-refractivity contribution >= 4 is 26.8 Å². The van der Waals surface area contributed by atoms with E-state index in [0.29, 0.717) is 11.7 Å².